The third-order valence-electron chi connectivity index (χ3n) is 6.06. The van der Waals surface area contributed by atoms with Gasteiger partial charge in [0.2, 0.25) is 11.8 Å². The molecule has 1 aromatic rings. The van der Waals surface area contributed by atoms with E-state index >= 15 is 0 Å². The van der Waals surface area contributed by atoms with Crippen molar-refractivity contribution in [2.75, 3.05) is 40.3 Å². The summed E-state index contributed by atoms with van der Waals surface area (Å²) in [6, 6.07) is 7.04. The van der Waals surface area contributed by atoms with Crippen molar-refractivity contribution in [3.05, 3.63) is 29.8 Å². The zero-order chi connectivity index (χ0) is 18.7. The van der Waals surface area contributed by atoms with E-state index in [-0.39, 0.29) is 23.1 Å². The molecule has 2 fully saturated rings. The number of likely N-dealkylation sites (N-methyl/N-ethyl adjacent to an activating group) is 1. The van der Waals surface area contributed by atoms with Gasteiger partial charge in [0.25, 0.3) is 0 Å². The van der Waals surface area contributed by atoms with Gasteiger partial charge in [-0.3, -0.25) is 14.5 Å². The Bertz CT molecular complexity index is 661. The third-order valence-corrected chi connectivity index (χ3v) is 6.06. The Balaban J connectivity index is 1.62. The van der Waals surface area contributed by atoms with Gasteiger partial charge in [-0.05, 0) is 44.0 Å². The number of likely N-dealkylation sites (tertiary alicyclic amines) is 1. The molecule has 1 atom stereocenters. The Hall–Kier alpha value is -2.08. The molecule has 2 amide bonds. The smallest absolute Gasteiger partial charge is 0.223 e. The van der Waals surface area contributed by atoms with Gasteiger partial charge < -0.3 is 14.9 Å². The highest BCUT2D eigenvalue weighted by Gasteiger charge is 2.42. The van der Waals surface area contributed by atoms with Crippen LogP contribution in [0.3, 0.4) is 0 Å². The van der Waals surface area contributed by atoms with Gasteiger partial charge in [0.15, 0.2) is 0 Å². The number of rotatable bonds is 3. The topological polar surface area (TPSA) is 64.1 Å². The van der Waals surface area contributed by atoms with E-state index in [1.165, 1.54) is 0 Å². The van der Waals surface area contributed by atoms with Gasteiger partial charge >= 0.3 is 0 Å². The second kappa shape index (κ2) is 7.66. The molecule has 142 valence electrons. The van der Waals surface area contributed by atoms with Crippen LogP contribution in [0, 0.1) is 0 Å². The van der Waals surface area contributed by atoms with Crippen molar-refractivity contribution >= 4 is 11.8 Å². The predicted molar refractivity (Wildman–Crippen MR) is 99.9 cm³/mol. The van der Waals surface area contributed by atoms with Gasteiger partial charge in [0, 0.05) is 51.6 Å². The van der Waals surface area contributed by atoms with Gasteiger partial charge in [0.1, 0.15) is 5.75 Å². The number of carbonyl (C=O) groups is 2. The maximum atomic E-state index is 12.8. The molecule has 0 bridgehead atoms. The lowest BCUT2D eigenvalue weighted by atomic mass is 9.86. The van der Waals surface area contributed by atoms with Gasteiger partial charge in [-0.2, -0.15) is 0 Å². The van der Waals surface area contributed by atoms with Gasteiger partial charge in [-0.15, -0.1) is 0 Å². The number of aryl methyl sites for hydroxylation is 1. The third kappa shape index (κ3) is 4.01. The highest BCUT2D eigenvalue weighted by molar-refractivity contribution is 5.77. The molecule has 2 aliphatic rings. The molecule has 3 rings (SSSR count). The zero-order valence-electron chi connectivity index (χ0n) is 15.8. The molecular weight excluding hydrogens is 330 g/mol. The minimum Gasteiger partial charge on any atom is -0.508 e. The molecule has 0 aliphatic carbocycles. The van der Waals surface area contributed by atoms with Gasteiger partial charge in [-0.1, -0.05) is 12.1 Å². The van der Waals surface area contributed by atoms with Gasteiger partial charge in [-0.25, -0.2) is 0 Å². The fourth-order valence-corrected chi connectivity index (χ4v) is 4.04. The second-order valence-electron chi connectivity index (χ2n) is 7.69. The number of benzene rings is 1. The molecular formula is C20H29N3O3. The van der Waals surface area contributed by atoms with Crippen LogP contribution in [0.4, 0.5) is 0 Å². The number of aromatic hydroxyl groups is 1. The Morgan fingerprint density at radius 1 is 1.12 bits per heavy atom. The summed E-state index contributed by atoms with van der Waals surface area (Å²) in [6.07, 6.45) is 3.43. The first-order chi connectivity index (χ1) is 12.4. The molecule has 1 aromatic carbocycles. The summed E-state index contributed by atoms with van der Waals surface area (Å²) >= 11 is 0. The summed E-state index contributed by atoms with van der Waals surface area (Å²) in [6.45, 7) is 3.05. The van der Waals surface area contributed by atoms with Crippen LogP contribution < -0.4 is 0 Å². The molecule has 2 aliphatic heterocycles. The largest absolute Gasteiger partial charge is 0.508 e. The lowest BCUT2D eigenvalue weighted by Gasteiger charge is -2.49. The minimum atomic E-state index is -0.0904. The molecule has 1 N–H and O–H groups in total. The average molecular weight is 359 g/mol. The molecule has 2 saturated heterocycles. The van der Waals surface area contributed by atoms with E-state index in [9.17, 15) is 14.7 Å². The van der Waals surface area contributed by atoms with Crippen LogP contribution in [0.25, 0.3) is 0 Å². The van der Waals surface area contributed by atoms with Crippen LogP contribution in [-0.2, 0) is 16.0 Å². The fraction of sp³-hybridized carbons (Fsp3) is 0.600. The van der Waals surface area contributed by atoms with Crippen molar-refractivity contribution < 1.29 is 14.7 Å². The Morgan fingerprint density at radius 2 is 1.85 bits per heavy atom. The highest BCUT2D eigenvalue weighted by atomic mass is 16.3. The van der Waals surface area contributed by atoms with Crippen molar-refractivity contribution in [2.45, 2.75) is 37.6 Å². The maximum Gasteiger partial charge on any atom is 0.223 e. The SMILES string of the molecule is CN1CC[C@@]2(CCC1=O)CN(C(=O)CCc1ccc(O)cc1)CCN2C. The van der Waals surface area contributed by atoms with E-state index in [0.29, 0.717) is 25.8 Å². The van der Waals surface area contributed by atoms with Crippen LogP contribution >= 0.6 is 0 Å². The summed E-state index contributed by atoms with van der Waals surface area (Å²) in [5.41, 5.74) is 0.967. The lowest BCUT2D eigenvalue weighted by molar-refractivity contribution is -0.136. The first-order valence-electron chi connectivity index (χ1n) is 9.40. The summed E-state index contributed by atoms with van der Waals surface area (Å²) in [5.74, 6) is 0.620. The number of hydrogen-bond acceptors (Lipinski definition) is 4. The molecule has 0 unspecified atom stereocenters. The number of hydrogen-bond donors (Lipinski definition) is 1. The maximum absolute atomic E-state index is 12.8. The van der Waals surface area contributed by atoms with Crippen molar-refractivity contribution in [1.29, 1.82) is 0 Å². The van der Waals surface area contributed by atoms with Crippen LogP contribution in [0.15, 0.2) is 24.3 Å². The summed E-state index contributed by atoms with van der Waals surface area (Å²) in [4.78, 5) is 31.0. The highest BCUT2D eigenvalue weighted by Crippen LogP contribution is 2.32. The summed E-state index contributed by atoms with van der Waals surface area (Å²) < 4.78 is 0. The van der Waals surface area contributed by atoms with Crippen LogP contribution in [0.2, 0.25) is 0 Å². The molecule has 6 nitrogen and oxygen atoms in total. The molecule has 1 spiro atoms. The number of nitrogens with zero attached hydrogens (tertiary/aromatic N) is 3. The lowest BCUT2D eigenvalue weighted by Crippen LogP contribution is -2.62. The Morgan fingerprint density at radius 3 is 2.58 bits per heavy atom. The Labute approximate surface area is 155 Å². The summed E-state index contributed by atoms with van der Waals surface area (Å²) in [7, 11) is 3.98. The molecule has 0 saturated carbocycles. The monoisotopic (exact) mass is 359 g/mol. The van der Waals surface area contributed by atoms with Crippen molar-refractivity contribution in [3.8, 4) is 5.75 Å². The summed E-state index contributed by atoms with van der Waals surface area (Å²) in [5, 5.41) is 9.36. The van der Waals surface area contributed by atoms with Crippen molar-refractivity contribution in [1.82, 2.24) is 14.7 Å². The number of phenolic OH excluding ortho intramolecular Hbond substituents is 1. The molecule has 0 aromatic heterocycles. The number of amides is 2. The second-order valence-corrected chi connectivity index (χ2v) is 7.69. The van der Waals surface area contributed by atoms with E-state index < -0.39 is 0 Å². The molecule has 26 heavy (non-hydrogen) atoms. The van der Waals surface area contributed by atoms with Crippen molar-refractivity contribution in [3.63, 3.8) is 0 Å². The number of phenols is 1. The first-order valence-corrected chi connectivity index (χ1v) is 9.40. The van der Waals surface area contributed by atoms with Crippen molar-refractivity contribution in [2.24, 2.45) is 0 Å². The molecule has 0 radical (unpaired) electrons. The van der Waals surface area contributed by atoms with E-state index in [0.717, 1.165) is 38.0 Å². The van der Waals surface area contributed by atoms with E-state index in [2.05, 4.69) is 11.9 Å². The predicted octanol–water partition coefficient (Wildman–Crippen LogP) is 1.48. The van der Waals surface area contributed by atoms with Crippen LogP contribution in [-0.4, -0.2) is 77.4 Å². The number of carbonyl (C=O) groups excluding carboxylic acids is 2. The molecule has 6 heteroatoms. The van der Waals surface area contributed by atoms with Crippen LogP contribution in [0.5, 0.6) is 5.75 Å². The standard InChI is InChI=1S/C20H29N3O3/c1-21-12-11-20(10-9-18(21)25)15-23(14-13-22(20)2)19(26)8-5-16-3-6-17(24)7-4-16/h3-4,6-7,24H,5,8-15H2,1-2H3/t20-/m0/s1. The normalized spacial score (nSPS) is 24.8. The van der Waals surface area contributed by atoms with Crippen LogP contribution in [0.1, 0.15) is 31.2 Å². The zero-order valence-corrected chi connectivity index (χ0v) is 15.8. The first kappa shape index (κ1) is 18.7. The fourth-order valence-electron chi connectivity index (χ4n) is 4.04. The number of piperazine rings is 1. The van der Waals surface area contributed by atoms with E-state index in [1.54, 1.807) is 12.1 Å². The average Bonchev–Trinajstić information content (AvgIpc) is 2.78. The minimum absolute atomic E-state index is 0.0904. The molecule has 2 heterocycles. The quantitative estimate of drug-likeness (QED) is 0.888. The van der Waals surface area contributed by atoms with Gasteiger partial charge in [0.05, 0.1) is 0 Å². The Kier molecular flexibility index (Phi) is 5.51. The van der Waals surface area contributed by atoms with E-state index in [4.69, 9.17) is 0 Å². The van der Waals surface area contributed by atoms with E-state index in [1.807, 2.05) is 29.0 Å².